The lowest BCUT2D eigenvalue weighted by Gasteiger charge is -2.50. The van der Waals surface area contributed by atoms with Crippen molar-refractivity contribution in [2.45, 2.75) is 146 Å². The molecule has 0 bridgehead atoms. The summed E-state index contributed by atoms with van der Waals surface area (Å²) in [5.74, 6) is -19.7. The number of aliphatic hydroxyl groups is 10. The molecule has 13 rings (SSSR count). The minimum atomic E-state index is -2.65. The third-order valence-electron chi connectivity index (χ3n) is 23.6. The first kappa shape index (κ1) is 86.3. The van der Waals surface area contributed by atoms with Gasteiger partial charge in [0.15, 0.2) is 34.2 Å². The highest BCUT2D eigenvalue weighted by molar-refractivity contribution is 6.27. The molecule has 3 saturated carbocycles. The molecule has 33 nitrogen and oxygen atoms in total. The first-order valence-corrected chi connectivity index (χ1v) is 37.0. The van der Waals surface area contributed by atoms with E-state index in [0.29, 0.717) is 38.9 Å². The number of carbonyl (C=O) groups is 10. The Morgan fingerprint density at radius 3 is 1.22 bits per heavy atom. The third-order valence-corrected chi connectivity index (χ3v) is 23.6. The van der Waals surface area contributed by atoms with Crippen molar-refractivity contribution in [2.24, 2.45) is 64.2 Å². The number of likely N-dealkylation sites (N-methyl/N-ethyl adjacent to an activating group) is 3. The van der Waals surface area contributed by atoms with Gasteiger partial charge in [-0.15, -0.1) is 0 Å². The largest absolute Gasteiger partial charge is 0.508 e. The van der Waals surface area contributed by atoms with Gasteiger partial charge in [0.25, 0.3) is 17.7 Å². The lowest BCUT2D eigenvalue weighted by atomic mass is 9.57. The van der Waals surface area contributed by atoms with Gasteiger partial charge in [-0.3, -0.25) is 63.2 Å². The molecule has 9 aliphatic carbocycles. The second-order valence-electron chi connectivity index (χ2n) is 33.1. The van der Waals surface area contributed by atoms with Gasteiger partial charge in [0.2, 0.25) is 17.3 Å². The summed E-state index contributed by atoms with van der Waals surface area (Å²) in [6.07, 6.45) is 0.281. The molecule has 24 N–H and O–H groups in total. The summed E-state index contributed by atoms with van der Waals surface area (Å²) in [5, 5.41) is 144. The molecule has 0 radical (unpaired) electrons. The van der Waals surface area contributed by atoms with Crippen LogP contribution >= 0.6 is 0 Å². The number of nitrogens with zero attached hydrogens (tertiary/aromatic N) is 3. The molecule has 12 atom stereocenters. The van der Waals surface area contributed by atoms with Crippen LogP contribution in [0.25, 0.3) is 17.3 Å². The van der Waals surface area contributed by atoms with Crippen molar-refractivity contribution in [3.63, 3.8) is 0 Å². The Kier molecular flexibility index (Phi) is 23.4. The SMILES string of the molecule is CN(C)[C@@H]1C(=O)C(C(N)=O)=C(O)[C@@]2(O)C(=O)C3=C(O)c4c(O)c(C(C)(C)C)cc(CN)c4CC3CC12.CN(C)[C@@H]1C(=O)C(C(N)=O)=C(O)[C@@]2(O)C(=O)C3=C(O)c4c(O)ccc(CN)c4CC3CC12.CN(C)[C@@H]1C(=O)C(C(N)=O)=C(O)[C@@]2(O)C(=O)C3=C(O)c4c(ccc(C(C)(C)C)c4O)CC3CC12.O=C(NCO)OCc1ccccc1. The fraction of sp³-hybridized carbons (Fsp3) is 0.439. The topological polar surface area (TPSA) is 595 Å². The van der Waals surface area contributed by atoms with E-state index < -0.39 is 198 Å². The van der Waals surface area contributed by atoms with Crippen LogP contribution < -0.4 is 34.0 Å². The summed E-state index contributed by atoms with van der Waals surface area (Å²) in [4.78, 5) is 132. The maximum atomic E-state index is 13.9. The number of ketones is 6. The number of fused-ring (bicyclic) bond motifs is 9. The van der Waals surface area contributed by atoms with E-state index in [9.17, 15) is 109 Å². The summed E-state index contributed by atoms with van der Waals surface area (Å²) < 4.78 is 4.76. The fourth-order valence-corrected chi connectivity index (χ4v) is 18.3. The van der Waals surface area contributed by atoms with E-state index in [1.807, 2.05) is 71.9 Å². The number of primary amides is 3. The molecule has 4 aromatic carbocycles. The van der Waals surface area contributed by atoms with Crippen molar-refractivity contribution in [3.05, 3.63) is 173 Å². The fourth-order valence-electron chi connectivity index (χ4n) is 18.3. The first-order valence-electron chi connectivity index (χ1n) is 37.0. The van der Waals surface area contributed by atoms with Gasteiger partial charge in [0.1, 0.15) is 81.9 Å². The number of ether oxygens (including phenoxy) is 1. The van der Waals surface area contributed by atoms with Crippen molar-refractivity contribution in [1.29, 1.82) is 0 Å². The molecule has 9 aliphatic rings. The number of Topliss-reactive ketones (excluding diaryl/α,β-unsaturated/α-hetero) is 6. The van der Waals surface area contributed by atoms with Crippen LogP contribution in [0.4, 0.5) is 4.79 Å². The third kappa shape index (κ3) is 14.1. The van der Waals surface area contributed by atoms with Crippen LogP contribution in [0.3, 0.4) is 0 Å². The predicted octanol–water partition coefficient (Wildman–Crippen LogP) is 2.27. The van der Waals surface area contributed by atoms with Crippen molar-refractivity contribution in [1.82, 2.24) is 20.0 Å². The number of phenolic OH excluding ortho intramolecular Hbond substituents is 3. The molecule has 33 heteroatoms. The Balaban J connectivity index is 0.000000169. The van der Waals surface area contributed by atoms with E-state index in [1.54, 1.807) is 66.6 Å². The zero-order valence-corrected chi connectivity index (χ0v) is 65.6. The summed E-state index contributed by atoms with van der Waals surface area (Å²) >= 11 is 0. The molecule has 115 heavy (non-hydrogen) atoms. The van der Waals surface area contributed by atoms with Gasteiger partial charge < -0.3 is 99.8 Å². The van der Waals surface area contributed by atoms with Gasteiger partial charge in [0, 0.05) is 58.7 Å². The van der Waals surface area contributed by atoms with Gasteiger partial charge in [-0.1, -0.05) is 90.1 Å². The van der Waals surface area contributed by atoms with Crippen molar-refractivity contribution < 1.29 is 119 Å². The molecule has 0 aliphatic heterocycles. The molecule has 0 spiro atoms. The standard InChI is InChI=1S/C26H33N3O7.C25H30N2O7.C22H25N3O7.C9H11NO3/c1-25(2,3)14-8-11(9-27)12-6-10-7-13-18(29(4)5)21(32)17(24(28)35)23(34)26(13,36)22(33)15(10)20(31)16(12)19(14)30;1-24(2,3)12-7-6-10-8-11-9-13-17(27(4)5)20(30)16(23(26)33)22(32)25(13,34)21(31)15(11)19(29)14(10)18(12)28;1-25(2)16-11-6-9-5-10-8(7-23)3-4-12(26)14(10)17(27)13(9)19(29)22(11,32)20(30)15(18(16)28)21(24)31;11-7-10-9(12)13-6-8-4-2-1-3-5-8/h8,10,13,18,30-31,34,36H,6-7,9,27H2,1-5H3,(H2,28,35);6-7,11,13,17,28-29,32,34H,8-9H2,1-5H3,(H2,26,33);3-4,9,11,16,26-27,30,32H,5-7,23H2,1-2H3,(H2,24,31);1-5,11H,6-7H2,(H,10,12)/t10?,13?,18-,26-;11?,13?,17-,25-;9?,11?,16-,22-;/m000./s1. The van der Waals surface area contributed by atoms with Gasteiger partial charge in [-0.05, 0) is 155 Å². The van der Waals surface area contributed by atoms with E-state index >= 15 is 0 Å². The predicted molar refractivity (Wildman–Crippen MR) is 413 cm³/mol. The Morgan fingerprint density at radius 1 is 0.487 bits per heavy atom. The second kappa shape index (κ2) is 31.2. The Bertz CT molecular complexity index is 5040. The van der Waals surface area contributed by atoms with Crippen LogP contribution in [0.5, 0.6) is 17.2 Å². The number of amides is 4. The number of carbonyl (C=O) groups excluding carboxylic acids is 10. The number of aliphatic hydroxyl groups excluding tert-OH is 7. The zero-order chi connectivity index (χ0) is 85.8. The Morgan fingerprint density at radius 2 is 0.852 bits per heavy atom. The second-order valence-corrected chi connectivity index (χ2v) is 33.1. The van der Waals surface area contributed by atoms with Crippen molar-refractivity contribution >= 4 is 75.8 Å². The summed E-state index contributed by atoms with van der Waals surface area (Å²) in [6.45, 7) is 11.4. The normalized spacial score (nSPS) is 26.8. The maximum Gasteiger partial charge on any atom is 0.409 e. The number of phenols is 3. The van der Waals surface area contributed by atoms with Crippen LogP contribution in [0.1, 0.15) is 122 Å². The molecule has 4 aromatic rings. The highest BCUT2D eigenvalue weighted by Gasteiger charge is 2.68. The molecular weight excluding hydrogens is 1490 g/mol. The molecular formula is C82H99N9O24. The first-order chi connectivity index (χ1) is 53.5. The van der Waals surface area contributed by atoms with E-state index in [4.69, 9.17) is 38.5 Å². The van der Waals surface area contributed by atoms with Crippen LogP contribution in [0, 0.1) is 35.5 Å². The highest BCUT2D eigenvalue weighted by Crippen LogP contribution is 2.58. The number of nitrogens with one attached hydrogen (secondary N) is 1. The number of rotatable bonds is 11. The average Bonchev–Trinajstić information content (AvgIpc) is 0.707. The van der Waals surface area contributed by atoms with Crippen molar-refractivity contribution in [3.8, 4) is 17.2 Å². The Hall–Kier alpha value is -11.1. The van der Waals surface area contributed by atoms with E-state index in [-0.39, 0.29) is 109 Å². The van der Waals surface area contributed by atoms with Gasteiger partial charge in [-0.2, -0.15) is 0 Å². The highest BCUT2D eigenvalue weighted by atomic mass is 16.6. The van der Waals surface area contributed by atoms with E-state index in [0.717, 1.165) is 5.56 Å². The van der Waals surface area contributed by atoms with E-state index in [1.165, 1.54) is 20.8 Å². The summed E-state index contributed by atoms with van der Waals surface area (Å²) in [7, 11) is 9.37. The number of alkyl carbamates (subject to hydrolysis) is 1. The van der Waals surface area contributed by atoms with E-state index in [2.05, 4.69) is 5.32 Å². The Labute approximate surface area is 660 Å². The molecule has 0 aromatic heterocycles. The smallest absolute Gasteiger partial charge is 0.409 e. The molecule has 0 saturated heterocycles. The number of hydrogen-bond donors (Lipinski definition) is 19. The van der Waals surface area contributed by atoms with Gasteiger partial charge >= 0.3 is 6.09 Å². The van der Waals surface area contributed by atoms with Gasteiger partial charge in [0.05, 0.1) is 34.8 Å². The van der Waals surface area contributed by atoms with Crippen LogP contribution in [0.2, 0.25) is 0 Å². The minimum Gasteiger partial charge on any atom is -0.508 e. The molecule has 6 unspecified atom stereocenters. The molecule has 616 valence electrons. The summed E-state index contributed by atoms with van der Waals surface area (Å²) in [5.41, 5.74) is 21.4. The van der Waals surface area contributed by atoms with Crippen molar-refractivity contribution in [2.75, 3.05) is 49.0 Å². The van der Waals surface area contributed by atoms with Gasteiger partial charge in [-0.25, -0.2) is 4.79 Å². The summed E-state index contributed by atoms with van der Waals surface area (Å²) in [6, 6.07) is 14.4. The molecule has 0 heterocycles. The van der Waals surface area contributed by atoms with Crippen LogP contribution in [-0.2, 0) is 97.7 Å². The van der Waals surface area contributed by atoms with Crippen LogP contribution in [-0.4, -0.2) is 224 Å². The molecule has 3 fully saturated rings. The number of aromatic hydroxyl groups is 3. The monoisotopic (exact) mass is 1590 g/mol. The molecule has 4 amide bonds. The van der Waals surface area contributed by atoms with Crippen LogP contribution in [0.15, 0.2) is 111 Å². The minimum absolute atomic E-state index is 0.0392. The number of benzene rings is 4. The number of hydrogen-bond acceptors (Lipinski definition) is 29. The lowest BCUT2D eigenvalue weighted by molar-refractivity contribution is -0.155. The maximum absolute atomic E-state index is 13.9. The lowest BCUT2D eigenvalue weighted by Crippen LogP contribution is -2.65. The average molecular weight is 1590 g/mol. The zero-order valence-electron chi connectivity index (χ0n) is 65.6. The quantitative estimate of drug-likeness (QED) is 0.0756. The number of nitrogens with two attached hydrogens (primary N) is 5.